The molecule has 300 valence electrons. The molecule has 7 rings (SSSR count). The molecule has 0 atom stereocenters. The van der Waals surface area contributed by atoms with Gasteiger partial charge in [-0.1, -0.05) is 91.0 Å². The number of hydrogen-bond acceptors (Lipinski definition) is 7. The Hall–Kier alpha value is -7.08. The molecule has 0 saturated carbocycles. The minimum atomic E-state index is -2.23. The van der Waals surface area contributed by atoms with Crippen LogP contribution in [0.5, 0.6) is 0 Å². The zero-order valence-corrected chi connectivity index (χ0v) is 33.8. The lowest BCUT2D eigenvalue weighted by molar-refractivity contribution is -0.882. The van der Waals surface area contributed by atoms with Crippen molar-refractivity contribution in [3.8, 4) is 34.7 Å². The van der Waals surface area contributed by atoms with E-state index in [-0.39, 0.29) is 12.0 Å². The van der Waals surface area contributed by atoms with E-state index in [4.69, 9.17) is 24.9 Å². The lowest BCUT2D eigenvalue weighted by Gasteiger charge is -2.37. The summed E-state index contributed by atoms with van der Waals surface area (Å²) < 4.78 is 8.21. The average Bonchev–Trinajstić information content (AvgIpc) is 3.31. The van der Waals surface area contributed by atoms with Crippen molar-refractivity contribution >= 4 is 7.32 Å². The third kappa shape index (κ3) is 12.0. The van der Waals surface area contributed by atoms with Crippen LogP contribution >= 0.6 is 0 Å². The molecule has 10 heteroatoms. The average molecular weight is 795 g/mol. The first-order valence-corrected chi connectivity index (χ1v) is 19.8. The fraction of sp³-hybridized carbons (Fsp3) is 0.160. The molecule has 0 fully saturated rings. The second kappa shape index (κ2) is 23.4. The van der Waals surface area contributed by atoms with Gasteiger partial charge in [0.25, 0.3) is 11.4 Å². The number of aromatic nitrogens is 2. The summed E-state index contributed by atoms with van der Waals surface area (Å²) >= 11 is 0. The molecule has 0 bridgehead atoms. The highest BCUT2D eigenvalue weighted by Crippen LogP contribution is 2.43. The molecule has 0 saturated heterocycles. The normalized spacial score (nSPS) is 10.4. The van der Waals surface area contributed by atoms with Crippen LogP contribution in [0.1, 0.15) is 54.5 Å². The van der Waals surface area contributed by atoms with Crippen molar-refractivity contribution in [1.82, 2.24) is 0 Å². The fourth-order valence-corrected chi connectivity index (χ4v) is 6.86. The molecule has 7 aromatic rings. The monoisotopic (exact) mass is 794 g/mol. The number of pyridine rings is 2. The number of nitrogens with zero attached hydrogens (tertiary/aromatic N) is 4. The van der Waals surface area contributed by atoms with Gasteiger partial charge in [0.05, 0.1) is 41.7 Å². The molecule has 0 unspecified atom stereocenters. The standard InChI is InChI=1S/C22H21BO3.2C14H13N2O/c24-23(25)26-18-10-17-22(19-11-4-1-5-12-19,20-13-6-2-7-14-20)21-15-8-3-9-16-21;2*1-2-17-16-10-4-3-5-14(16)13-8-6-12(11-15)7-9-13/h1-9,11-16H,10,17-18H2;2*3-10H,2H2,1H3/q-2;2*+1. The SMILES string of the molecule is CCO[n+]1ccccc1-c1ccc(C#N)cc1.CCO[n+]1ccccc1-c1ccc(C#N)cc1.[O-]B([O-])OCCCC(c1ccccc1)(c1ccccc1)c1ccccc1. The van der Waals surface area contributed by atoms with Gasteiger partial charge in [0.15, 0.2) is 13.2 Å². The van der Waals surface area contributed by atoms with E-state index < -0.39 is 7.32 Å². The van der Waals surface area contributed by atoms with E-state index in [0.29, 0.717) is 30.8 Å². The minimum Gasteiger partial charge on any atom is -0.871 e. The van der Waals surface area contributed by atoms with Crippen molar-refractivity contribution in [3.63, 3.8) is 0 Å². The molecule has 9 nitrogen and oxygen atoms in total. The second-order valence-electron chi connectivity index (χ2n) is 13.3. The predicted octanol–water partition coefficient (Wildman–Crippen LogP) is 6.45. The van der Waals surface area contributed by atoms with Crippen LogP contribution in [-0.4, -0.2) is 27.1 Å². The molecule has 2 aromatic heterocycles. The Morgan fingerprint density at radius 1 is 0.517 bits per heavy atom. The molecule has 0 amide bonds. The topological polar surface area (TPSA) is 129 Å². The van der Waals surface area contributed by atoms with E-state index in [9.17, 15) is 10.0 Å². The van der Waals surface area contributed by atoms with E-state index in [1.54, 1.807) is 33.7 Å². The van der Waals surface area contributed by atoms with Crippen LogP contribution in [0.4, 0.5) is 0 Å². The van der Waals surface area contributed by atoms with Crippen LogP contribution in [0, 0.1) is 22.7 Å². The maximum atomic E-state index is 10.7. The Kier molecular flexibility index (Phi) is 17.1. The van der Waals surface area contributed by atoms with E-state index in [2.05, 4.69) is 48.5 Å². The molecule has 0 aliphatic heterocycles. The van der Waals surface area contributed by atoms with E-state index in [1.165, 1.54) is 16.7 Å². The summed E-state index contributed by atoms with van der Waals surface area (Å²) in [5, 5.41) is 38.9. The third-order valence-electron chi connectivity index (χ3n) is 9.55. The predicted molar refractivity (Wildman–Crippen MR) is 228 cm³/mol. The zero-order valence-electron chi connectivity index (χ0n) is 33.8. The molecule has 60 heavy (non-hydrogen) atoms. The molecular weight excluding hydrogens is 747 g/mol. The van der Waals surface area contributed by atoms with Crippen molar-refractivity contribution in [2.24, 2.45) is 0 Å². The van der Waals surface area contributed by atoms with Crippen LogP contribution in [0.25, 0.3) is 22.5 Å². The van der Waals surface area contributed by atoms with E-state index >= 15 is 0 Å². The van der Waals surface area contributed by atoms with Crippen LogP contribution < -0.4 is 29.2 Å². The lowest BCUT2D eigenvalue weighted by Crippen LogP contribution is -2.48. The van der Waals surface area contributed by atoms with Crippen LogP contribution in [0.15, 0.2) is 188 Å². The summed E-state index contributed by atoms with van der Waals surface area (Å²) in [6.45, 7) is 5.27. The first-order chi connectivity index (χ1) is 29.4. The summed E-state index contributed by atoms with van der Waals surface area (Å²) in [5.41, 5.74) is 8.48. The molecule has 0 radical (unpaired) electrons. The van der Waals surface area contributed by atoms with Gasteiger partial charge in [0.1, 0.15) is 0 Å². The second-order valence-corrected chi connectivity index (χ2v) is 13.3. The fourth-order valence-electron chi connectivity index (χ4n) is 6.86. The van der Waals surface area contributed by atoms with Gasteiger partial charge < -0.3 is 14.7 Å². The maximum Gasteiger partial charge on any atom is 0.264 e. The van der Waals surface area contributed by atoms with Crippen molar-refractivity contribution in [2.45, 2.75) is 32.1 Å². The van der Waals surface area contributed by atoms with Gasteiger partial charge in [0.2, 0.25) is 12.4 Å². The number of rotatable bonds is 14. The van der Waals surface area contributed by atoms with Crippen molar-refractivity contribution in [1.29, 1.82) is 10.5 Å². The van der Waals surface area contributed by atoms with Crippen LogP contribution in [0.2, 0.25) is 0 Å². The highest BCUT2D eigenvalue weighted by molar-refractivity contribution is 6.28. The van der Waals surface area contributed by atoms with Crippen LogP contribution in [0.3, 0.4) is 0 Å². The molecule has 0 spiro atoms. The summed E-state index contributed by atoms with van der Waals surface area (Å²) in [7, 11) is -2.23. The van der Waals surface area contributed by atoms with Gasteiger partial charge in [0, 0.05) is 45.7 Å². The van der Waals surface area contributed by atoms with Gasteiger partial charge in [-0.3, -0.25) is 9.68 Å². The Labute approximate surface area is 353 Å². The molecule has 0 aliphatic carbocycles. The van der Waals surface area contributed by atoms with Gasteiger partial charge >= 0.3 is 0 Å². The van der Waals surface area contributed by atoms with Gasteiger partial charge in [-0.25, -0.2) is 0 Å². The lowest BCUT2D eigenvalue weighted by atomic mass is 9.67. The number of nitriles is 2. The molecule has 0 N–H and O–H groups in total. The Morgan fingerprint density at radius 2 is 0.883 bits per heavy atom. The maximum absolute atomic E-state index is 10.7. The largest absolute Gasteiger partial charge is 0.871 e. The Morgan fingerprint density at radius 3 is 1.22 bits per heavy atom. The third-order valence-corrected chi connectivity index (χ3v) is 9.55. The van der Waals surface area contributed by atoms with Crippen molar-refractivity contribution in [2.75, 3.05) is 19.8 Å². The Balaban J connectivity index is 0.000000177. The smallest absolute Gasteiger partial charge is 0.264 e. The molecular formula is C50H47BN4O5. The Bertz CT molecular complexity index is 2200. The van der Waals surface area contributed by atoms with Gasteiger partial charge in [-0.2, -0.15) is 10.5 Å². The minimum absolute atomic E-state index is 0.159. The highest BCUT2D eigenvalue weighted by Gasteiger charge is 2.35. The van der Waals surface area contributed by atoms with Gasteiger partial charge in [-0.15, -0.1) is 0 Å². The molecule has 0 aliphatic rings. The number of benzene rings is 5. The van der Waals surface area contributed by atoms with E-state index in [1.807, 2.05) is 142 Å². The van der Waals surface area contributed by atoms with Crippen molar-refractivity contribution < 1.29 is 33.8 Å². The van der Waals surface area contributed by atoms with Gasteiger partial charge in [-0.05, 0) is 104 Å². The van der Waals surface area contributed by atoms with Crippen molar-refractivity contribution in [3.05, 3.63) is 216 Å². The summed E-state index contributed by atoms with van der Waals surface area (Å²) in [6.07, 6.45) is 5.09. The summed E-state index contributed by atoms with van der Waals surface area (Å²) in [4.78, 5) is 11.0. The molecule has 5 aromatic carbocycles. The first kappa shape index (κ1) is 44.0. The van der Waals surface area contributed by atoms with E-state index in [0.717, 1.165) is 28.9 Å². The summed E-state index contributed by atoms with van der Waals surface area (Å²) in [6, 6.07) is 61.9. The molecule has 2 heterocycles. The summed E-state index contributed by atoms with van der Waals surface area (Å²) in [5.74, 6) is 0. The quantitative estimate of drug-likeness (QED) is 0.0536. The highest BCUT2D eigenvalue weighted by atomic mass is 16.7. The zero-order chi connectivity index (χ0) is 42.4. The first-order valence-electron chi connectivity index (χ1n) is 19.8. The number of hydrogen-bond donors (Lipinski definition) is 0. The van der Waals surface area contributed by atoms with Crippen LogP contribution in [-0.2, 0) is 10.1 Å².